The van der Waals surface area contributed by atoms with Crippen LogP contribution in [0.1, 0.15) is 11.4 Å². The molecule has 4 nitrogen and oxygen atoms in total. The van der Waals surface area contributed by atoms with E-state index in [-0.39, 0.29) is 0 Å². The molecule has 2 aromatic rings. The van der Waals surface area contributed by atoms with E-state index in [9.17, 15) is 0 Å². The number of anilines is 1. The Balaban J connectivity index is 2.06. The van der Waals surface area contributed by atoms with Crippen LogP contribution in [0.4, 0.5) is 5.69 Å². The van der Waals surface area contributed by atoms with Crippen molar-refractivity contribution < 1.29 is 4.74 Å². The molecule has 0 aliphatic carbocycles. The minimum absolute atomic E-state index is 0.625. The van der Waals surface area contributed by atoms with Gasteiger partial charge in [0.15, 0.2) is 0 Å². The maximum absolute atomic E-state index is 5.09. The molecule has 0 spiro atoms. The minimum atomic E-state index is 0.625. The van der Waals surface area contributed by atoms with E-state index in [1.54, 1.807) is 7.11 Å². The molecule has 0 aliphatic heterocycles. The number of nitrogens with zero attached hydrogens (tertiary/aromatic N) is 2. The smallest absolute Gasteiger partial charge is 0.213 e. The molecule has 94 valence electrons. The Morgan fingerprint density at radius 1 is 1.22 bits per heavy atom. The Bertz CT molecular complexity index is 546. The molecule has 0 aliphatic rings. The average Bonchev–Trinajstić information content (AvgIpc) is 2.38. The summed E-state index contributed by atoms with van der Waals surface area (Å²) in [6, 6.07) is 9.61. The number of nitrogens with one attached hydrogen (secondary N) is 1. The molecule has 0 unspecified atom stereocenters. The fourth-order valence-electron chi connectivity index (χ4n) is 1.57. The lowest BCUT2D eigenvalue weighted by Gasteiger charge is -2.09. The summed E-state index contributed by atoms with van der Waals surface area (Å²) in [6.45, 7) is 2.60. The summed E-state index contributed by atoms with van der Waals surface area (Å²) in [5, 5.41) is 3.31. The van der Waals surface area contributed by atoms with Gasteiger partial charge >= 0.3 is 0 Å². The summed E-state index contributed by atoms with van der Waals surface area (Å²) < 4.78 is 5.93. The summed E-state index contributed by atoms with van der Waals surface area (Å²) in [5.41, 5.74) is 2.88. The highest BCUT2D eigenvalue weighted by molar-refractivity contribution is 9.10. The van der Waals surface area contributed by atoms with Crippen LogP contribution in [0.25, 0.3) is 0 Å². The van der Waals surface area contributed by atoms with Crippen LogP contribution in [0.5, 0.6) is 5.88 Å². The van der Waals surface area contributed by atoms with Crippen molar-refractivity contribution in [2.45, 2.75) is 13.5 Å². The summed E-state index contributed by atoms with van der Waals surface area (Å²) in [7, 11) is 1.61. The lowest BCUT2D eigenvalue weighted by molar-refractivity contribution is 0.396. The van der Waals surface area contributed by atoms with E-state index in [0.29, 0.717) is 12.4 Å². The number of rotatable bonds is 4. The first-order chi connectivity index (χ1) is 8.69. The van der Waals surface area contributed by atoms with E-state index >= 15 is 0 Å². The van der Waals surface area contributed by atoms with Gasteiger partial charge in [0.1, 0.15) is 4.60 Å². The quantitative estimate of drug-likeness (QED) is 0.881. The van der Waals surface area contributed by atoms with Gasteiger partial charge in [-0.1, -0.05) is 6.07 Å². The van der Waals surface area contributed by atoms with Crippen LogP contribution in [0.15, 0.2) is 34.9 Å². The Labute approximate surface area is 115 Å². The predicted octanol–water partition coefficient (Wildman–Crippen LogP) is 3.17. The van der Waals surface area contributed by atoms with Gasteiger partial charge in [-0.15, -0.1) is 0 Å². The number of hydrogen-bond donors (Lipinski definition) is 1. The highest BCUT2D eigenvalue weighted by atomic mass is 79.9. The third-order valence-corrected chi connectivity index (χ3v) is 2.94. The molecule has 2 rings (SSSR count). The lowest BCUT2D eigenvalue weighted by Crippen LogP contribution is -2.04. The van der Waals surface area contributed by atoms with Gasteiger partial charge in [-0.25, -0.2) is 9.97 Å². The number of aryl methyl sites for hydroxylation is 1. The average molecular weight is 308 g/mol. The van der Waals surface area contributed by atoms with Gasteiger partial charge in [0.2, 0.25) is 5.88 Å². The Kier molecular flexibility index (Phi) is 4.15. The van der Waals surface area contributed by atoms with Crippen LogP contribution in [0, 0.1) is 6.92 Å². The molecule has 0 saturated carbocycles. The number of aromatic nitrogens is 2. The van der Waals surface area contributed by atoms with Crippen LogP contribution in [-0.4, -0.2) is 17.1 Å². The van der Waals surface area contributed by atoms with Gasteiger partial charge in [0.05, 0.1) is 30.7 Å². The van der Waals surface area contributed by atoms with Gasteiger partial charge < -0.3 is 10.1 Å². The largest absolute Gasteiger partial charge is 0.481 e. The molecule has 0 atom stereocenters. The predicted molar refractivity (Wildman–Crippen MR) is 74.8 cm³/mol. The van der Waals surface area contributed by atoms with Crippen LogP contribution in [-0.2, 0) is 6.54 Å². The van der Waals surface area contributed by atoms with E-state index in [1.807, 2.05) is 37.3 Å². The van der Waals surface area contributed by atoms with Crippen LogP contribution in [0.2, 0.25) is 0 Å². The lowest BCUT2D eigenvalue weighted by atomic mass is 10.3. The molecule has 0 saturated heterocycles. The summed E-state index contributed by atoms with van der Waals surface area (Å²) in [6.07, 6.45) is 0. The summed E-state index contributed by atoms with van der Waals surface area (Å²) in [4.78, 5) is 8.67. The van der Waals surface area contributed by atoms with Crippen molar-refractivity contribution in [3.63, 3.8) is 0 Å². The first kappa shape index (κ1) is 12.8. The molecule has 0 bridgehead atoms. The SMILES string of the molecule is COc1cccc(CNc2ccc(Br)nc2C)n1. The van der Waals surface area contributed by atoms with Crippen molar-refractivity contribution >= 4 is 21.6 Å². The van der Waals surface area contributed by atoms with E-state index in [0.717, 1.165) is 21.7 Å². The fraction of sp³-hybridized carbons (Fsp3) is 0.231. The Morgan fingerprint density at radius 3 is 2.78 bits per heavy atom. The molecule has 0 fully saturated rings. The fourth-order valence-corrected chi connectivity index (χ4v) is 1.97. The highest BCUT2D eigenvalue weighted by Crippen LogP contribution is 2.17. The highest BCUT2D eigenvalue weighted by Gasteiger charge is 2.02. The Morgan fingerprint density at radius 2 is 2.06 bits per heavy atom. The number of ether oxygens (including phenoxy) is 1. The molecule has 2 aromatic heterocycles. The van der Waals surface area contributed by atoms with Crippen molar-refractivity contribution in [2.75, 3.05) is 12.4 Å². The minimum Gasteiger partial charge on any atom is -0.481 e. The van der Waals surface area contributed by atoms with Crippen molar-refractivity contribution in [1.82, 2.24) is 9.97 Å². The van der Waals surface area contributed by atoms with Crippen LogP contribution < -0.4 is 10.1 Å². The molecule has 5 heteroatoms. The molecule has 0 radical (unpaired) electrons. The van der Waals surface area contributed by atoms with E-state index in [4.69, 9.17) is 4.74 Å². The van der Waals surface area contributed by atoms with Crippen LogP contribution in [0.3, 0.4) is 0 Å². The van der Waals surface area contributed by atoms with Crippen LogP contribution >= 0.6 is 15.9 Å². The van der Waals surface area contributed by atoms with E-state index in [1.165, 1.54) is 0 Å². The number of halogens is 1. The first-order valence-electron chi connectivity index (χ1n) is 5.56. The van der Waals surface area contributed by atoms with Crippen molar-refractivity contribution in [2.24, 2.45) is 0 Å². The van der Waals surface area contributed by atoms with Gasteiger partial charge in [-0.05, 0) is 41.1 Å². The van der Waals surface area contributed by atoms with Gasteiger partial charge in [-0.3, -0.25) is 0 Å². The van der Waals surface area contributed by atoms with Gasteiger partial charge in [0.25, 0.3) is 0 Å². The molecule has 0 aromatic carbocycles. The summed E-state index contributed by atoms with van der Waals surface area (Å²) >= 11 is 3.34. The normalized spacial score (nSPS) is 10.2. The molecule has 0 amide bonds. The standard InChI is InChI=1S/C13H14BrN3O/c1-9-11(6-7-12(14)16-9)15-8-10-4-3-5-13(17-10)18-2/h3-7,15H,8H2,1-2H3. The molecular formula is C13H14BrN3O. The maximum Gasteiger partial charge on any atom is 0.213 e. The van der Waals surface area contributed by atoms with Crippen molar-refractivity contribution in [1.29, 1.82) is 0 Å². The number of methoxy groups -OCH3 is 1. The molecule has 18 heavy (non-hydrogen) atoms. The second kappa shape index (κ2) is 5.82. The van der Waals surface area contributed by atoms with E-state index < -0.39 is 0 Å². The van der Waals surface area contributed by atoms with E-state index in [2.05, 4.69) is 31.2 Å². The third kappa shape index (κ3) is 3.20. The second-order valence-corrected chi connectivity index (χ2v) is 4.60. The van der Waals surface area contributed by atoms with Crippen molar-refractivity contribution in [3.8, 4) is 5.88 Å². The van der Waals surface area contributed by atoms with Gasteiger partial charge in [0, 0.05) is 6.07 Å². The van der Waals surface area contributed by atoms with Gasteiger partial charge in [-0.2, -0.15) is 0 Å². The monoisotopic (exact) mass is 307 g/mol. The Hall–Kier alpha value is -1.62. The number of pyridine rings is 2. The maximum atomic E-state index is 5.09. The molecule has 1 N–H and O–H groups in total. The molecule has 2 heterocycles. The first-order valence-corrected chi connectivity index (χ1v) is 6.35. The zero-order valence-corrected chi connectivity index (χ0v) is 11.9. The zero-order chi connectivity index (χ0) is 13.0. The molecular weight excluding hydrogens is 294 g/mol. The third-order valence-electron chi connectivity index (χ3n) is 2.50. The second-order valence-electron chi connectivity index (χ2n) is 3.79. The topological polar surface area (TPSA) is 47.0 Å². The van der Waals surface area contributed by atoms with Crippen molar-refractivity contribution in [3.05, 3.63) is 46.3 Å². The zero-order valence-electron chi connectivity index (χ0n) is 10.3. The number of hydrogen-bond acceptors (Lipinski definition) is 4. The summed E-state index contributed by atoms with van der Waals surface area (Å²) in [5.74, 6) is 0.625.